The Balaban J connectivity index is 1.43. The largest absolute Gasteiger partial charge is 0.480 e. The highest BCUT2D eigenvalue weighted by molar-refractivity contribution is 6.04. The molecule has 2 aromatic heterocycles. The maximum atomic E-state index is 12.3. The number of carboxylic acids is 1. The standard InChI is InChI=1S/C26H23N5O5/c1-15(18-3-2-10-28-14-18)29-21-22(24(33)23(21)32)31-20(26(35)36)13-16-4-6-19(7-5-16)30-25(34)17-8-11-27-12-9-17/h2-12,14-15,20,29,31H,13H2,1H3,(H,30,34)(H,35,36)/t15?,20-/m0/s1. The van der Waals surface area contributed by atoms with Crippen LogP contribution in [0.4, 0.5) is 17.1 Å². The van der Waals surface area contributed by atoms with E-state index in [-0.39, 0.29) is 29.7 Å². The maximum absolute atomic E-state index is 12.3. The number of aromatic nitrogens is 2. The fraction of sp³-hybridized carbons (Fsp3) is 0.154. The lowest BCUT2D eigenvalue weighted by molar-refractivity contribution is -0.137. The first-order chi connectivity index (χ1) is 17.3. The van der Waals surface area contributed by atoms with E-state index in [4.69, 9.17) is 0 Å². The van der Waals surface area contributed by atoms with E-state index in [9.17, 15) is 24.3 Å². The van der Waals surface area contributed by atoms with Gasteiger partial charge in [-0.1, -0.05) is 18.2 Å². The molecule has 2 aromatic carbocycles. The molecule has 2 atom stereocenters. The Labute approximate surface area is 205 Å². The highest BCUT2D eigenvalue weighted by Gasteiger charge is 2.27. The molecule has 0 bridgehead atoms. The van der Waals surface area contributed by atoms with Crippen LogP contribution in [0.25, 0.3) is 0 Å². The summed E-state index contributed by atoms with van der Waals surface area (Å²) in [5.74, 6) is -1.47. The fourth-order valence-corrected chi connectivity index (χ4v) is 3.64. The summed E-state index contributed by atoms with van der Waals surface area (Å²) >= 11 is 0. The average Bonchev–Trinajstić information content (AvgIpc) is 2.91. The second kappa shape index (κ2) is 10.6. The summed E-state index contributed by atoms with van der Waals surface area (Å²) in [5, 5.41) is 18.2. The summed E-state index contributed by atoms with van der Waals surface area (Å²) in [6.45, 7) is 1.81. The third-order valence-electron chi connectivity index (χ3n) is 5.67. The molecule has 4 aromatic rings. The van der Waals surface area contributed by atoms with Gasteiger partial charge in [0, 0.05) is 42.5 Å². The molecule has 1 unspecified atom stereocenters. The van der Waals surface area contributed by atoms with Crippen molar-refractivity contribution in [2.45, 2.75) is 25.4 Å². The average molecular weight is 486 g/mol. The third-order valence-corrected chi connectivity index (χ3v) is 5.67. The molecule has 4 rings (SSSR count). The van der Waals surface area contributed by atoms with Crippen LogP contribution in [-0.4, -0.2) is 33.0 Å². The van der Waals surface area contributed by atoms with Crippen LogP contribution in [-0.2, 0) is 11.2 Å². The van der Waals surface area contributed by atoms with E-state index < -0.39 is 22.9 Å². The summed E-state index contributed by atoms with van der Waals surface area (Å²) in [4.78, 5) is 56.5. The normalized spacial score (nSPS) is 12.5. The maximum Gasteiger partial charge on any atom is 0.326 e. The Morgan fingerprint density at radius 1 is 0.889 bits per heavy atom. The minimum absolute atomic E-state index is 0.0460. The van der Waals surface area contributed by atoms with Gasteiger partial charge < -0.3 is 21.1 Å². The van der Waals surface area contributed by atoms with Gasteiger partial charge >= 0.3 is 5.97 Å². The van der Waals surface area contributed by atoms with Crippen molar-refractivity contribution in [3.63, 3.8) is 0 Å². The van der Waals surface area contributed by atoms with E-state index in [1.54, 1.807) is 61.8 Å². The van der Waals surface area contributed by atoms with E-state index in [0.29, 0.717) is 16.8 Å². The van der Waals surface area contributed by atoms with Gasteiger partial charge in [-0.15, -0.1) is 0 Å². The molecule has 0 fully saturated rings. The van der Waals surface area contributed by atoms with Crippen LogP contribution in [0.3, 0.4) is 0 Å². The fourth-order valence-electron chi connectivity index (χ4n) is 3.64. The molecule has 0 aliphatic carbocycles. The lowest BCUT2D eigenvalue weighted by Crippen LogP contribution is -2.42. The lowest BCUT2D eigenvalue weighted by Gasteiger charge is -2.22. The van der Waals surface area contributed by atoms with Crippen molar-refractivity contribution >= 4 is 28.9 Å². The van der Waals surface area contributed by atoms with E-state index in [2.05, 4.69) is 25.9 Å². The van der Waals surface area contributed by atoms with Crippen LogP contribution in [0.1, 0.15) is 34.5 Å². The smallest absolute Gasteiger partial charge is 0.326 e. The van der Waals surface area contributed by atoms with Crippen LogP contribution in [0.5, 0.6) is 0 Å². The second-order valence-electron chi connectivity index (χ2n) is 8.19. The number of hydrogen-bond acceptors (Lipinski definition) is 8. The number of pyridine rings is 2. The molecule has 1 amide bonds. The Hall–Kier alpha value is -4.86. The second-order valence-corrected chi connectivity index (χ2v) is 8.19. The van der Waals surface area contributed by atoms with Gasteiger partial charge in [0.15, 0.2) is 0 Å². The van der Waals surface area contributed by atoms with Gasteiger partial charge in [0.25, 0.3) is 16.8 Å². The van der Waals surface area contributed by atoms with E-state index >= 15 is 0 Å². The minimum atomic E-state index is -1.18. The predicted octanol–water partition coefficient (Wildman–Crippen LogP) is 2.61. The van der Waals surface area contributed by atoms with Crippen LogP contribution in [0.15, 0.2) is 82.9 Å². The molecule has 10 nitrogen and oxygen atoms in total. The highest BCUT2D eigenvalue weighted by atomic mass is 16.4. The number of anilines is 3. The highest BCUT2D eigenvalue weighted by Crippen LogP contribution is 2.23. The monoisotopic (exact) mass is 485 g/mol. The molecule has 4 N–H and O–H groups in total. The van der Waals surface area contributed by atoms with Crippen molar-refractivity contribution in [2.24, 2.45) is 0 Å². The molecule has 36 heavy (non-hydrogen) atoms. The van der Waals surface area contributed by atoms with Crippen molar-refractivity contribution in [3.8, 4) is 0 Å². The Morgan fingerprint density at radius 3 is 2.17 bits per heavy atom. The summed E-state index contributed by atoms with van der Waals surface area (Å²) in [6, 6.07) is 12.0. The van der Waals surface area contributed by atoms with Crippen molar-refractivity contribution < 1.29 is 14.7 Å². The molecular weight excluding hydrogens is 462 g/mol. The number of rotatable bonds is 10. The SMILES string of the molecule is CC(Nc1c(N[C@@H](Cc2ccc(NC(=O)c3ccncc3)cc2)C(=O)O)c(=O)c1=O)c1cccnc1. The van der Waals surface area contributed by atoms with Gasteiger partial charge in [0.2, 0.25) is 0 Å². The lowest BCUT2D eigenvalue weighted by atomic mass is 10.0. The first-order valence-corrected chi connectivity index (χ1v) is 11.1. The Kier molecular flexibility index (Phi) is 7.15. The number of hydrogen-bond donors (Lipinski definition) is 4. The van der Waals surface area contributed by atoms with Gasteiger partial charge in [-0.05, 0) is 48.4 Å². The number of benzene rings is 1. The molecule has 10 heteroatoms. The zero-order chi connectivity index (χ0) is 25.7. The number of carbonyl (C=O) groups is 2. The quantitative estimate of drug-likeness (QED) is 0.249. The predicted molar refractivity (Wildman–Crippen MR) is 135 cm³/mol. The minimum Gasteiger partial charge on any atom is -0.480 e. The first-order valence-electron chi connectivity index (χ1n) is 11.1. The number of carboxylic acid groups (broad SMARTS) is 1. The van der Waals surface area contributed by atoms with E-state index in [0.717, 1.165) is 5.56 Å². The number of nitrogens with one attached hydrogen (secondary N) is 3. The van der Waals surface area contributed by atoms with E-state index in [1.807, 2.05) is 6.07 Å². The zero-order valence-corrected chi connectivity index (χ0v) is 19.3. The van der Waals surface area contributed by atoms with Crippen LogP contribution in [0, 0.1) is 0 Å². The van der Waals surface area contributed by atoms with Gasteiger partial charge in [0.05, 0.1) is 6.04 Å². The number of carbonyl (C=O) groups excluding carboxylic acids is 1. The third kappa shape index (κ3) is 5.44. The number of aliphatic carboxylic acids is 1. The molecule has 0 saturated carbocycles. The van der Waals surface area contributed by atoms with Crippen LogP contribution < -0.4 is 26.8 Å². The van der Waals surface area contributed by atoms with E-state index in [1.165, 1.54) is 12.4 Å². The Morgan fingerprint density at radius 2 is 1.56 bits per heavy atom. The summed E-state index contributed by atoms with van der Waals surface area (Å²) in [7, 11) is 0. The van der Waals surface area contributed by atoms with Gasteiger partial charge in [0.1, 0.15) is 17.4 Å². The molecule has 0 aliphatic rings. The van der Waals surface area contributed by atoms with Crippen LogP contribution in [0.2, 0.25) is 0 Å². The number of amides is 1. The van der Waals surface area contributed by atoms with Crippen LogP contribution >= 0.6 is 0 Å². The molecule has 0 saturated heterocycles. The summed E-state index contributed by atoms with van der Waals surface area (Å²) in [6.07, 6.45) is 6.35. The van der Waals surface area contributed by atoms with Crippen molar-refractivity contribution in [2.75, 3.05) is 16.0 Å². The first kappa shape index (κ1) is 24.3. The molecule has 182 valence electrons. The van der Waals surface area contributed by atoms with Crippen molar-refractivity contribution in [3.05, 3.63) is 110 Å². The summed E-state index contributed by atoms with van der Waals surface area (Å²) < 4.78 is 0. The zero-order valence-electron chi connectivity index (χ0n) is 19.3. The van der Waals surface area contributed by atoms with Gasteiger partial charge in [-0.2, -0.15) is 0 Å². The summed E-state index contributed by atoms with van der Waals surface area (Å²) in [5.41, 5.74) is 0.999. The molecular formula is C26H23N5O5. The van der Waals surface area contributed by atoms with Crippen molar-refractivity contribution in [1.82, 2.24) is 9.97 Å². The number of nitrogens with zero attached hydrogens (tertiary/aromatic N) is 2. The van der Waals surface area contributed by atoms with Crippen molar-refractivity contribution in [1.29, 1.82) is 0 Å². The van der Waals surface area contributed by atoms with Gasteiger partial charge in [-0.3, -0.25) is 24.4 Å². The molecule has 0 aliphatic heterocycles. The molecule has 2 heterocycles. The Bertz CT molecular complexity index is 1430. The van der Waals surface area contributed by atoms with Gasteiger partial charge in [-0.25, -0.2) is 4.79 Å². The molecule has 0 spiro atoms. The topological polar surface area (TPSA) is 150 Å². The molecule has 0 radical (unpaired) electrons.